The fourth-order valence-electron chi connectivity index (χ4n) is 4.63. The van der Waals surface area contributed by atoms with Crippen molar-refractivity contribution in [1.82, 2.24) is 10.2 Å². The van der Waals surface area contributed by atoms with E-state index in [0.29, 0.717) is 6.54 Å². The van der Waals surface area contributed by atoms with Crippen LogP contribution in [0.25, 0.3) is 0 Å². The third kappa shape index (κ3) is 8.60. The third-order valence-corrected chi connectivity index (χ3v) is 8.99. The van der Waals surface area contributed by atoms with Crippen molar-refractivity contribution in [2.75, 3.05) is 17.4 Å². The van der Waals surface area contributed by atoms with E-state index in [-0.39, 0.29) is 39.5 Å². The average molecular weight is 639 g/mol. The highest BCUT2D eigenvalue weighted by Crippen LogP contribution is 2.30. The number of sulfonamides is 1. The van der Waals surface area contributed by atoms with Gasteiger partial charge in [-0.3, -0.25) is 13.9 Å². The summed E-state index contributed by atoms with van der Waals surface area (Å²) in [6.07, 6.45) is 0.957. The van der Waals surface area contributed by atoms with Gasteiger partial charge < -0.3 is 10.2 Å². The predicted octanol–water partition coefficient (Wildman–Crippen LogP) is 6.36. The van der Waals surface area contributed by atoms with Crippen molar-refractivity contribution in [3.05, 3.63) is 130 Å². The molecule has 0 radical (unpaired) electrons. The molecule has 43 heavy (non-hydrogen) atoms. The van der Waals surface area contributed by atoms with Crippen molar-refractivity contribution < 1.29 is 18.0 Å². The minimum atomic E-state index is -4.24. The third-order valence-electron chi connectivity index (χ3n) is 6.76. The molecule has 0 aliphatic rings. The van der Waals surface area contributed by atoms with Crippen LogP contribution >= 0.6 is 23.2 Å². The topological polar surface area (TPSA) is 86.8 Å². The number of carbonyl (C=O) groups excluding carboxylic acids is 2. The average Bonchev–Trinajstić information content (AvgIpc) is 3.01. The summed E-state index contributed by atoms with van der Waals surface area (Å²) in [5.74, 6) is -0.884. The number of anilines is 1. The Bertz CT molecular complexity index is 1600. The highest BCUT2D eigenvalue weighted by atomic mass is 35.5. The van der Waals surface area contributed by atoms with E-state index in [1.807, 2.05) is 67.6 Å². The molecule has 0 aliphatic heterocycles. The van der Waals surface area contributed by atoms with Gasteiger partial charge in [0.2, 0.25) is 11.8 Å². The minimum Gasteiger partial charge on any atom is -0.354 e. The Morgan fingerprint density at radius 2 is 1.33 bits per heavy atom. The molecule has 1 N–H and O–H groups in total. The Kier molecular flexibility index (Phi) is 11.2. The van der Waals surface area contributed by atoms with E-state index in [1.54, 1.807) is 18.2 Å². The van der Waals surface area contributed by atoms with Crippen LogP contribution in [0.1, 0.15) is 24.5 Å². The van der Waals surface area contributed by atoms with Crippen molar-refractivity contribution in [3.63, 3.8) is 0 Å². The highest BCUT2D eigenvalue weighted by molar-refractivity contribution is 7.92. The number of halogens is 2. The molecule has 7 nitrogen and oxygen atoms in total. The van der Waals surface area contributed by atoms with Gasteiger partial charge in [0.15, 0.2) is 0 Å². The molecule has 4 rings (SSSR count). The normalized spacial score (nSPS) is 11.9. The molecular formula is C33H33Cl2N3O4S. The lowest BCUT2D eigenvalue weighted by atomic mass is 10.0. The summed E-state index contributed by atoms with van der Waals surface area (Å²) in [6, 6.07) is 30.0. The van der Waals surface area contributed by atoms with Crippen LogP contribution in [0.2, 0.25) is 10.0 Å². The monoisotopic (exact) mass is 637 g/mol. The van der Waals surface area contributed by atoms with E-state index in [9.17, 15) is 18.0 Å². The lowest BCUT2D eigenvalue weighted by Crippen LogP contribution is -2.53. The number of nitrogens with one attached hydrogen (secondary N) is 1. The number of carbonyl (C=O) groups is 2. The molecule has 0 aromatic heterocycles. The molecule has 4 aromatic rings. The number of amides is 2. The van der Waals surface area contributed by atoms with Crippen LogP contribution in [0.3, 0.4) is 0 Å². The van der Waals surface area contributed by atoms with Crippen LogP contribution in [0.15, 0.2) is 114 Å². The standard InChI is InChI=1S/C33H33Cl2N3O4S/c1-2-18-36-33(40)31(19-25-12-6-3-7-13-25)37(23-26-14-8-4-9-15-26)32(39)24-38(29-21-27(34)20-28(35)22-29)43(41,42)30-16-10-5-11-17-30/h3-17,20-22,31H,2,18-19,23-24H2,1H3,(H,36,40)/t31-/m0/s1. The Morgan fingerprint density at radius 3 is 1.88 bits per heavy atom. The molecule has 0 unspecified atom stereocenters. The molecule has 2 amide bonds. The fourth-order valence-corrected chi connectivity index (χ4v) is 6.57. The smallest absolute Gasteiger partial charge is 0.264 e. The van der Waals surface area contributed by atoms with E-state index < -0.39 is 28.5 Å². The zero-order valence-electron chi connectivity index (χ0n) is 23.7. The molecule has 0 aliphatic carbocycles. The first-order valence-electron chi connectivity index (χ1n) is 13.9. The second-order valence-corrected chi connectivity index (χ2v) is 12.7. The highest BCUT2D eigenvalue weighted by Gasteiger charge is 2.34. The van der Waals surface area contributed by atoms with Gasteiger partial charge in [0.1, 0.15) is 12.6 Å². The van der Waals surface area contributed by atoms with E-state index in [1.165, 1.54) is 35.2 Å². The lowest BCUT2D eigenvalue weighted by Gasteiger charge is -2.34. The van der Waals surface area contributed by atoms with Crippen LogP contribution in [0.5, 0.6) is 0 Å². The summed E-state index contributed by atoms with van der Waals surface area (Å²) in [5.41, 5.74) is 1.78. The molecule has 0 bridgehead atoms. The predicted molar refractivity (Wildman–Crippen MR) is 172 cm³/mol. The number of hydrogen-bond acceptors (Lipinski definition) is 4. The first-order chi connectivity index (χ1) is 20.7. The van der Waals surface area contributed by atoms with Crippen molar-refractivity contribution in [3.8, 4) is 0 Å². The van der Waals surface area contributed by atoms with Gasteiger partial charge in [-0.2, -0.15) is 0 Å². The van der Waals surface area contributed by atoms with Gasteiger partial charge in [-0.1, -0.05) is 109 Å². The zero-order valence-corrected chi connectivity index (χ0v) is 26.0. The van der Waals surface area contributed by atoms with Crippen LogP contribution in [0.4, 0.5) is 5.69 Å². The van der Waals surface area contributed by atoms with Gasteiger partial charge in [0.25, 0.3) is 10.0 Å². The molecule has 10 heteroatoms. The lowest BCUT2D eigenvalue weighted by molar-refractivity contribution is -0.140. The molecular weight excluding hydrogens is 605 g/mol. The van der Waals surface area contributed by atoms with Gasteiger partial charge in [-0.05, 0) is 47.9 Å². The molecule has 4 aromatic carbocycles. The molecule has 0 saturated heterocycles. The Balaban J connectivity index is 1.80. The van der Waals surface area contributed by atoms with Gasteiger partial charge in [-0.15, -0.1) is 0 Å². The fraction of sp³-hybridized carbons (Fsp3) is 0.212. The minimum absolute atomic E-state index is 0.00460. The Hall–Kier alpha value is -3.85. The Labute approximate surface area is 263 Å². The first-order valence-corrected chi connectivity index (χ1v) is 16.1. The summed E-state index contributed by atoms with van der Waals surface area (Å²) >= 11 is 12.5. The van der Waals surface area contributed by atoms with Gasteiger partial charge >= 0.3 is 0 Å². The summed E-state index contributed by atoms with van der Waals surface area (Å²) < 4.78 is 29.0. The van der Waals surface area contributed by atoms with Gasteiger partial charge in [0.05, 0.1) is 10.6 Å². The first kappa shape index (κ1) is 32.1. The summed E-state index contributed by atoms with van der Waals surface area (Å²) in [6.45, 7) is 1.88. The molecule has 0 spiro atoms. The second kappa shape index (κ2) is 15.0. The quantitative estimate of drug-likeness (QED) is 0.185. The van der Waals surface area contributed by atoms with Gasteiger partial charge in [0, 0.05) is 29.6 Å². The molecule has 0 fully saturated rings. The second-order valence-electron chi connectivity index (χ2n) is 9.96. The van der Waals surface area contributed by atoms with Crippen molar-refractivity contribution in [1.29, 1.82) is 0 Å². The number of rotatable bonds is 13. The van der Waals surface area contributed by atoms with Gasteiger partial charge in [-0.25, -0.2) is 8.42 Å². The number of hydrogen-bond donors (Lipinski definition) is 1. The maximum Gasteiger partial charge on any atom is 0.264 e. The summed E-state index contributed by atoms with van der Waals surface area (Å²) in [7, 11) is -4.24. The maximum absolute atomic E-state index is 14.4. The van der Waals surface area contributed by atoms with Crippen molar-refractivity contribution in [2.45, 2.75) is 37.2 Å². The van der Waals surface area contributed by atoms with Crippen LogP contribution in [0, 0.1) is 0 Å². The van der Waals surface area contributed by atoms with Crippen molar-refractivity contribution >= 4 is 50.7 Å². The number of nitrogens with zero attached hydrogens (tertiary/aromatic N) is 2. The van der Waals surface area contributed by atoms with Crippen LogP contribution in [-0.4, -0.2) is 44.3 Å². The summed E-state index contributed by atoms with van der Waals surface area (Å²) in [5, 5.41) is 3.36. The number of benzene rings is 4. The zero-order chi connectivity index (χ0) is 30.8. The molecule has 224 valence electrons. The molecule has 1 atom stereocenters. The SMILES string of the molecule is CCCNC(=O)[C@H](Cc1ccccc1)N(Cc1ccccc1)C(=O)CN(c1cc(Cl)cc(Cl)c1)S(=O)(=O)c1ccccc1. The van der Waals surface area contributed by atoms with E-state index >= 15 is 0 Å². The van der Waals surface area contributed by atoms with E-state index in [2.05, 4.69) is 5.32 Å². The molecule has 0 saturated carbocycles. The van der Waals surface area contributed by atoms with Crippen molar-refractivity contribution in [2.24, 2.45) is 0 Å². The van der Waals surface area contributed by atoms with Crippen LogP contribution in [-0.2, 0) is 32.6 Å². The van der Waals surface area contributed by atoms with E-state index in [4.69, 9.17) is 23.2 Å². The Morgan fingerprint density at radius 1 is 0.791 bits per heavy atom. The summed E-state index contributed by atoms with van der Waals surface area (Å²) in [4.78, 5) is 29.4. The van der Waals surface area contributed by atoms with E-state index in [0.717, 1.165) is 21.9 Å². The van der Waals surface area contributed by atoms with Crippen LogP contribution < -0.4 is 9.62 Å². The largest absolute Gasteiger partial charge is 0.354 e. The molecule has 0 heterocycles. The maximum atomic E-state index is 14.4.